The van der Waals surface area contributed by atoms with Crippen LogP contribution in [0.3, 0.4) is 0 Å². The summed E-state index contributed by atoms with van der Waals surface area (Å²) in [5.41, 5.74) is 0. The van der Waals surface area contributed by atoms with Gasteiger partial charge in [-0.15, -0.1) is 9.05 Å². The van der Waals surface area contributed by atoms with Crippen LogP contribution in [0.25, 0.3) is 0 Å². The number of unbranched alkanes of at least 4 members (excludes halogenated alkanes) is 24. The van der Waals surface area contributed by atoms with Gasteiger partial charge in [0.2, 0.25) is 0 Å². The van der Waals surface area contributed by atoms with Gasteiger partial charge in [0.25, 0.3) is 0 Å². The van der Waals surface area contributed by atoms with Gasteiger partial charge in [0.1, 0.15) is 13.2 Å². The van der Waals surface area contributed by atoms with Crippen molar-refractivity contribution >= 4 is 54.2 Å². The molecule has 0 saturated carbocycles. The van der Waals surface area contributed by atoms with Gasteiger partial charge in [-0.1, -0.05) is 154 Å². The minimum Gasteiger partial charge on any atom is -0.116 e. The van der Waals surface area contributed by atoms with E-state index in [9.17, 15) is 9.13 Å². The topological polar surface area (TPSA) is 61.8 Å². The zero-order valence-electron chi connectivity index (χ0n) is 29.2. The number of hydrogen-bond acceptors (Lipinski definition) is 5. The van der Waals surface area contributed by atoms with Gasteiger partial charge in [-0.05, 0) is 64.2 Å². The molecule has 5 nitrogen and oxygen atoms in total. The summed E-state index contributed by atoms with van der Waals surface area (Å²) in [6, 6.07) is 0. The summed E-state index contributed by atoms with van der Waals surface area (Å²) in [6.45, 7) is 5.27. The van der Waals surface area contributed by atoms with Crippen molar-refractivity contribution in [3.63, 3.8) is 0 Å². The maximum absolute atomic E-state index is 11.8. The quantitative estimate of drug-likeness (QED) is 0.0284. The summed E-state index contributed by atoms with van der Waals surface area (Å²) in [7, 11) is -4.76. The fraction of sp³-hybridized carbons (Fsp3) is 0.889. The molecule has 2 atom stereocenters. The Hall–Kier alpha value is 0.820. The largest absolute Gasteiger partial charge is 0.747 e. The molecule has 0 aromatic heterocycles. The average Bonchev–Trinajstić information content (AvgIpc) is 3.00. The van der Waals surface area contributed by atoms with Crippen molar-refractivity contribution in [1.82, 2.24) is 0 Å². The first-order valence-corrected chi connectivity index (χ1v) is 20.6. The van der Waals surface area contributed by atoms with Gasteiger partial charge in [0, 0.05) is 46.9 Å². The molecule has 0 aromatic carbocycles. The van der Waals surface area contributed by atoms with Gasteiger partial charge in [-0.25, -0.2) is 0 Å². The third kappa shape index (κ3) is 40.8. The van der Waals surface area contributed by atoms with Crippen LogP contribution in [0, 0.1) is 0 Å². The van der Waals surface area contributed by atoms with Crippen LogP contribution in [0.2, 0.25) is 0 Å². The molecule has 0 heterocycles. The SMILES string of the molecule is CCCCCCCCC=CCCCCCCCCO[P+](=O)O[P+](=O)OCCCCCCCCC=CCCCCCCCC.[Ca]. The molecule has 2 unspecified atom stereocenters. The second kappa shape index (κ2) is 41.8. The van der Waals surface area contributed by atoms with Crippen LogP contribution in [0.5, 0.6) is 0 Å². The van der Waals surface area contributed by atoms with E-state index in [1.165, 1.54) is 141 Å². The summed E-state index contributed by atoms with van der Waals surface area (Å²) < 4.78 is 38.9. The molecule has 0 bridgehead atoms. The van der Waals surface area contributed by atoms with Crippen LogP contribution < -0.4 is 0 Å². The van der Waals surface area contributed by atoms with Crippen molar-refractivity contribution in [1.29, 1.82) is 0 Å². The predicted octanol–water partition coefficient (Wildman–Crippen LogP) is 14.0. The Morgan fingerprint density at radius 1 is 0.386 bits per heavy atom. The third-order valence-electron chi connectivity index (χ3n) is 7.84. The molecule has 0 aliphatic carbocycles. The molecule has 0 aliphatic heterocycles. The first-order valence-electron chi connectivity index (χ1n) is 18.4. The standard InChI is InChI=1S/C36H70O5P2.Ca/c1-3-5-7-9-11-13-15-17-19-21-23-25-27-29-31-33-35-39-42(37)41-43(38)40-36-34-32-30-28-26-24-22-20-18-16-14-12-10-8-6-4-2;/h17-20H,3-16,21-36H2,1-2H3;/q+2;. The van der Waals surface area contributed by atoms with Crippen LogP contribution in [0.15, 0.2) is 24.3 Å². The molecule has 44 heavy (non-hydrogen) atoms. The van der Waals surface area contributed by atoms with E-state index in [0.717, 1.165) is 38.5 Å². The van der Waals surface area contributed by atoms with Gasteiger partial charge in [0.05, 0.1) is 0 Å². The van der Waals surface area contributed by atoms with E-state index in [1.54, 1.807) is 0 Å². The molecule has 0 saturated heterocycles. The number of rotatable bonds is 36. The van der Waals surface area contributed by atoms with Crippen molar-refractivity contribution in [3.8, 4) is 0 Å². The molecule has 0 fully saturated rings. The Balaban J connectivity index is 0. The molecule has 0 spiro atoms. The van der Waals surface area contributed by atoms with Crippen molar-refractivity contribution in [2.45, 2.75) is 194 Å². The van der Waals surface area contributed by atoms with Crippen LogP contribution in [-0.4, -0.2) is 51.0 Å². The second-order valence-electron chi connectivity index (χ2n) is 12.1. The van der Waals surface area contributed by atoms with Crippen molar-refractivity contribution in [2.75, 3.05) is 13.2 Å². The molecule has 8 heteroatoms. The van der Waals surface area contributed by atoms with Crippen LogP contribution >= 0.6 is 16.5 Å². The van der Waals surface area contributed by atoms with Crippen molar-refractivity contribution < 1.29 is 22.5 Å². The van der Waals surface area contributed by atoms with Crippen LogP contribution in [0.1, 0.15) is 194 Å². The fourth-order valence-electron chi connectivity index (χ4n) is 5.08. The maximum Gasteiger partial charge on any atom is 0.747 e. The van der Waals surface area contributed by atoms with Crippen molar-refractivity contribution in [3.05, 3.63) is 24.3 Å². The monoisotopic (exact) mass is 684 g/mol. The predicted molar refractivity (Wildman–Crippen MR) is 193 cm³/mol. The number of hydrogen-bond donors (Lipinski definition) is 0. The van der Waals surface area contributed by atoms with Crippen molar-refractivity contribution in [2.24, 2.45) is 0 Å². The zero-order chi connectivity index (χ0) is 31.3. The van der Waals surface area contributed by atoms with Gasteiger partial charge in [0.15, 0.2) is 4.31 Å². The smallest absolute Gasteiger partial charge is 0.116 e. The summed E-state index contributed by atoms with van der Waals surface area (Å²) in [5.74, 6) is 0. The molecule has 0 rings (SSSR count). The molecule has 0 aromatic rings. The average molecular weight is 685 g/mol. The van der Waals surface area contributed by atoms with Gasteiger partial charge in [-0.2, -0.15) is 0 Å². The molecule has 2 radical (unpaired) electrons. The van der Waals surface area contributed by atoms with E-state index in [4.69, 9.17) is 13.4 Å². The third-order valence-corrected chi connectivity index (χ3v) is 9.69. The van der Waals surface area contributed by atoms with Gasteiger partial charge >= 0.3 is 16.5 Å². The Morgan fingerprint density at radius 3 is 0.932 bits per heavy atom. The number of allylic oxidation sites excluding steroid dienone is 4. The summed E-state index contributed by atoms with van der Waals surface area (Å²) in [4.78, 5) is 0. The maximum atomic E-state index is 11.8. The minimum absolute atomic E-state index is 0. The van der Waals surface area contributed by atoms with E-state index in [1.807, 2.05) is 0 Å². The van der Waals surface area contributed by atoms with E-state index < -0.39 is 16.5 Å². The van der Waals surface area contributed by atoms with Crippen LogP contribution in [-0.2, 0) is 22.5 Å². The van der Waals surface area contributed by atoms with Gasteiger partial charge in [-0.3, -0.25) is 0 Å². The van der Waals surface area contributed by atoms with E-state index in [2.05, 4.69) is 38.2 Å². The Labute approximate surface area is 305 Å². The first kappa shape index (κ1) is 46.9. The molecule has 0 N–H and O–H groups in total. The Kier molecular flexibility index (Phi) is 44.6. The van der Waals surface area contributed by atoms with E-state index in [0.29, 0.717) is 13.2 Å². The zero-order valence-corrected chi connectivity index (χ0v) is 33.2. The normalized spacial score (nSPS) is 12.3. The minimum atomic E-state index is -2.38. The Morgan fingerprint density at radius 2 is 0.636 bits per heavy atom. The summed E-state index contributed by atoms with van der Waals surface area (Å²) >= 11 is 0. The summed E-state index contributed by atoms with van der Waals surface area (Å²) in [6.07, 6.45) is 44.3. The first-order chi connectivity index (χ1) is 21.2. The fourth-order valence-corrected chi connectivity index (χ4v) is 6.45. The van der Waals surface area contributed by atoms with E-state index in [-0.39, 0.29) is 37.7 Å². The molecule has 254 valence electrons. The second-order valence-corrected chi connectivity index (χ2v) is 14.1. The molecular weight excluding hydrogens is 614 g/mol. The van der Waals surface area contributed by atoms with Crippen LogP contribution in [0.4, 0.5) is 0 Å². The Bertz CT molecular complexity index is 606. The molecule has 0 amide bonds. The molecular formula is C36H70CaO5P2+2. The van der Waals surface area contributed by atoms with E-state index >= 15 is 0 Å². The summed E-state index contributed by atoms with van der Waals surface area (Å²) in [5, 5.41) is 0. The van der Waals surface area contributed by atoms with Gasteiger partial charge < -0.3 is 0 Å². The molecule has 0 aliphatic rings.